The Balaban J connectivity index is 1.17. The minimum absolute atomic E-state index is 0.0187. The Morgan fingerprint density at radius 2 is 1.41 bits per heavy atom. The van der Waals surface area contributed by atoms with Crippen LogP contribution >= 0.6 is 23.2 Å². The SMILES string of the molecule is COc1cc(C2C3=CCC4C(=O)N(c5ccc(-c6nc7ccccc7o6)cc5)C(=O)C4C3CC3(Cl)C(=O)N(c4c(F)c(F)c(F)c(F)c4F)C(=O)C23Cl)cc(OC)c1O. The predicted molar refractivity (Wildman–Crippen MR) is 200 cm³/mol. The molecule has 1 N–H and O–H groups in total. The van der Waals surface area contributed by atoms with Crippen molar-refractivity contribution in [1.82, 2.24) is 4.98 Å². The molecule has 6 unspecified atom stereocenters. The van der Waals surface area contributed by atoms with Gasteiger partial charge in [-0.2, -0.15) is 0 Å². The lowest BCUT2D eigenvalue weighted by Gasteiger charge is -2.50. The summed E-state index contributed by atoms with van der Waals surface area (Å²) in [5, 5.41) is 10.8. The van der Waals surface area contributed by atoms with Gasteiger partial charge < -0.3 is 19.0 Å². The second-order valence-corrected chi connectivity index (χ2v) is 15.8. The summed E-state index contributed by atoms with van der Waals surface area (Å²) in [5.74, 6) is -22.7. The lowest BCUT2D eigenvalue weighted by molar-refractivity contribution is -0.125. The van der Waals surface area contributed by atoms with Crippen LogP contribution in [0.15, 0.2) is 76.7 Å². The van der Waals surface area contributed by atoms with Crippen molar-refractivity contribution in [2.24, 2.45) is 17.8 Å². The standard InChI is InChI=1S/C41H26Cl2F5N3O8/c1-57-24-13-17(14-25(58-2)34(24)52)27-19-11-12-20-26(37(54)50(36(20)53)18-9-7-16(8-10-18)35-49-22-5-3-4-6-23(22)59-35)21(19)15-40(42)38(55)51(39(56)41(27,40)43)33-31(47)29(45)28(44)30(46)32(33)48/h3-11,13-14,20-21,26-27,52H,12,15H2,1-2H3. The average Bonchev–Trinajstić information content (AvgIpc) is 3.83. The number of hydrogen-bond donors (Lipinski definition) is 1. The topological polar surface area (TPSA) is 139 Å². The number of aromatic nitrogens is 1. The number of anilines is 2. The van der Waals surface area contributed by atoms with Crippen molar-refractivity contribution in [1.29, 1.82) is 0 Å². The maximum absolute atomic E-state index is 15.4. The molecule has 0 bridgehead atoms. The van der Waals surface area contributed by atoms with Crippen LogP contribution in [0.4, 0.5) is 33.3 Å². The number of nitrogens with zero attached hydrogens (tertiary/aromatic N) is 3. The van der Waals surface area contributed by atoms with E-state index in [0.717, 1.165) is 4.90 Å². The first-order valence-corrected chi connectivity index (χ1v) is 18.6. The molecule has 1 saturated carbocycles. The zero-order valence-electron chi connectivity index (χ0n) is 30.4. The quantitative estimate of drug-likeness (QED) is 0.0455. The third-order valence-electron chi connectivity index (χ3n) is 11.7. The number of rotatable bonds is 6. The van der Waals surface area contributed by atoms with Gasteiger partial charge in [0, 0.05) is 11.5 Å². The van der Waals surface area contributed by atoms with Crippen LogP contribution in [-0.2, 0) is 19.2 Å². The zero-order chi connectivity index (χ0) is 42.0. The minimum atomic E-state index is -2.79. The molecule has 59 heavy (non-hydrogen) atoms. The van der Waals surface area contributed by atoms with E-state index < -0.39 is 104 Å². The molecular formula is C41H26Cl2F5N3O8. The van der Waals surface area contributed by atoms with Crippen molar-refractivity contribution in [3.63, 3.8) is 0 Å². The number of hydrogen-bond acceptors (Lipinski definition) is 9. The third-order valence-corrected chi connectivity index (χ3v) is 13.1. The van der Waals surface area contributed by atoms with E-state index in [9.17, 15) is 37.5 Å². The largest absolute Gasteiger partial charge is 0.502 e. The van der Waals surface area contributed by atoms with Crippen LogP contribution in [0.2, 0.25) is 0 Å². The molecular weight excluding hydrogens is 828 g/mol. The van der Waals surface area contributed by atoms with Gasteiger partial charge in [-0.05, 0) is 72.9 Å². The lowest BCUT2D eigenvalue weighted by atomic mass is 9.56. The highest BCUT2D eigenvalue weighted by molar-refractivity contribution is 6.58. The molecule has 4 aliphatic rings. The molecule has 2 aliphatic carbocycles. The summed E-state index contributed by atoms with van der Waals surface area (Å²) in [6.45, 7) is 0. The van der Waals surface area contributed by atoms with Gasteiger partial charge in [0.2, 0.25) is 29.3 Å². The molecule has 2 saturated heterocycles. The van der Waals surface area contributed by atoms with Crippen LogP contribution in [0.25, 0.3) is 22.6 Å². The average molecular weight is 855 g/mol. The van der Waals surface area contributed by atoms with Crippen molar-refractivity contribution < 1.29 is 60.1 Å². The number of carbonyl (C=O) groups excluding carboxylic acids is 4. The molecule has 6 atom stereocenters. The second-order valence-electron chi connectivity index (χ2n) is 14.5. The van der Waals surface area contributed by atoms with Gasteiger partial charge >= 0.3 is 0 Å². The molecule has 11 nitrogen and oxygen atoms in total. The summed E-state index contributed by atoms with van der Waals surface area (Å²) in [6.07, 6.45) is 0.758. The molecule has 9 rings (SSSR count). The Morgan fingerprint density at radius 3 is 2.02 bits per heavy atom. The van der Waals surface area contributed by atoms with E-state index in [1.165, 1.54) is 38.5 Å². The number of allylic oxidation sites excluding steroid dienone is 2. The summed E-state index contributed by atoms with van der Waals surface area (Å²) in [6, 6.07) is 15.9. The Bertz CT molecular complexity index is 2660. The van der Waals surface area contributed by atoms with Gasteiger partial charge in [-0.1, -0.05) is 23.8 Å². The number of phenols is 1. The fraction of sp³-hybridized carbons (Fsp3) is 0.244. The Kier molecular flexibility index (Phi) is 8.66. The van der Waals surface area contributed by atoms with E-state index in [2.05, 4.69) is 4.98 Å². The molecule has 302 valence electrons. The number of fused-ring (bicyclic) bond motifs is 5. The van der Waals surface area contributed by atoms with E-state index in [4.69, 9.17) is 37.1 Å². The zero-order valence-corrected chi connectivity index (χ0v) is 31.9. The van der Waals surface area contributed by atoms with Crippen molar-refractivity contribution in [2.45, 2.75) is 28.5 Å². The smallest absolute Gasteiger partial charge is 0.258 e. The maximum atomic E-state index is 15.4. The number of amides is 4. The molecule has 1 aromatic heterocycles. The molecule has 0 spiro atoms. The summed E-state index contributed by atoms with van der Waals surface area (Å²) in [7, 11) is 2.39. The van der Waals surface area contributed by atoms with Crippen LogP contribution in [0.5, 0.6) is 17.2 Å². The van der Waals surface area contributed by atoms with Gasteiger partial charge in [0.15, 0.2) is 50.1 Å². The highest BCUT2D eigenvalue weighted by Crippen LogP contribution is 2.66. The molecule has 5 aromatic rings. The van der Waals surface area contributed by atoms with Gasteiger partial charge in [0.25, 0.3) is 11.8 Å². The first-order valence-electron chi connectivity index (χ1n) is 17.9. The number of phenolic OH excluding ortho intramolecular Hbond substituents is 1. The normalized spacial score (nSPS) is 26.3. The van der Waals surface area contributed by atoms with Crippen LogP contribution in [0.1, 0.15) is 24.3 Å². The van der Waals surface area contributed by atoms with E-state index in [-0.39, 0.29) is 39.6 Å². The van der Waals surface area contributed by atoms with Crippen LogP contribution in [0.3, 0.4) is 0 Å². The number of methoxy groups -OCH3 is 2. The third kappa shape index (κ3) is 5.08. The number of para-hydroxylation sites is 2. The van der Waals surface area contributed by atoms with Crippen LogP contribution in [-0.4, -0.2) is 57.7 Å². The minimum Gasteiger partial charge on any atom is -0.502 e. The van der Waals surface area contributed by atoms with Gasteiger partial charge in [-0.25, -0.2) is 31.8 Å². The highest BCUT2D eigenvalue weighted by atomic mass is 35.5. The van der Waals surface area contributed by atoms with E-state index in [1.807, 2.05) is 0 Å². The number of ether oxygens (including phenoxy) is 2. The Labute approximate surface area is 339 Å². The van der Waals surface area contributed by atoms with Crippen LogP contribution < -0.4 is 19.3 Å². The molecule has 4 amide bonds. The monoisotopic (exact) mass is 853 g/mol. The summed E-state index contributed by atoms with van der Waals surface area (Å²) < 4.78 is 90.7. The van der Waals surface area contributed by atoms with Crippen molar-refractivity contribution >= 4 is 69.3 Å². The number of carbonyl (C=O) groups is 4. The molecule has 3 fully saturated rings. The number of benzene rings is 4. The first-order chi connectivity index (χ1) is 28.1. The van der Waals surface area contributed by atoms with Gasteiger partial charge in [0.05, 0.1) is 31.7 Å². The van der Waals surface area contributed by atoms with E-state index in [1.54, 1.807) is 42.5 Å². The van der Waals surface area contributed by atoms with E-state index in [0.29, 0.717) is 22.6 Å². The number of imide groups is 2. The predicted octanol–water partition coefficient (Wildman–Crippen LogP) is 7.68. The second kappa shape index (κ2) is 13.3. The van der Waals surface area contributed by atoms with Crippen molar-refractivity contribution in [3.8, 4) is 28.7 Å². The summed E-state index contributed by atoms with van der Waals surface area (Å²) >= 11 is 14.5. The first kappa shape index (κ1) is 38.5. The number of halogens is 7. The number of alkyl halides is 2. The van der Waals surface area contributed by atoms with Gasteiger partial charge in [-0.3, -0.25) is 24.1 Å². The molecule has 2 aliphatic heterocycles. The number of aromatic hydroxyl groups is 1. The Morgan fingerprint density at radius 1 is 0.797 bits per heavy atom. The Hall–Kier alpha value is -6.00. The van der Waals surface area contributed by atoms with Gasteiger partial charge in [0.1, 0.15) is 11.2 Å². The maximum Gasteiger partial charge on any atom is 0.258 e. The van der Waals surface area contributed by atoms with Crippen molar-refractivity contribution in [2.75, 3.05) is 24.0 Å². The molecule has 18 heteroatoms. The number of oxazole rings is 1. The highest BCUT2D eigenvalue weighted by Gasteiger charge is 2.77. The summed E-state index contributed by atoms with van der Waals surface area (Å²) in [4.78, 5) is 57.5. The van der Waals surface area contributed by atoms with Crippen molar-refractivity contribution in [3.05, 3.63) is 107 Å². The molecule has 3 heterocycles. The lowest BCUT2D eigenvalue weighted by Crippen LogP contribution is -2.60. The molecule has 4 aromatic carbocycles. The van der Waals surface area contributed by atoms with E-state index >= 15 is 8.78 Å². The van der Waals surface area contributed by atoms with Crippen LogP contribution in [0, 0.1) is 46.8 Å². The summed E-state index contributed by atoms with van der Waals surface area (Å²) in [5.41, 5.74) is 0.180. The molecule has 0 radical (unpaired) electrons. The van der Waals surface area contributed by atoms with Gasteiger partial charge in [-0.15, -0.1) is 23.2 Å². The fourth-order valence-electron chi connectivity index (χ4n) is 9.02. The fourth-order valence-corrected chi connectivity index (χ4v) is 9.96.